The van der Waals surface area contributed by atoms with Gasteiger partial charge in [0.15, 0.2) is 0 Å². The monoisotopic (exact) mass is 259 g/mol. The number of esters is 1. The molecule has 4 aliphatic rings. The fraction of sp³-hybridized carbons (Fsp3) is 0.750. The van der Waals surface area contributed by atoms with Crippen LogP contribution in [0.15, 0.2) is 12.2 Å². The molecule has 0 unspecified atom stereocenters. The van der Waals surface area contributed by atoms with Crippen molar-refractivity contribution in [3.8, 4) is 6.07 Å². The van der Waals surface area contributed by atoms with E-state index < -0.39 is 5.60 Å². The van der Waals surface area contributed by atoms with Gasteiger partial charge in [0.2, 0.25) is 0 Å². The Morgan fingerprint density at radius 3 is 2.21 bits per heavy atom. The summed E-state index contributed by atoms with van der Waals surface area (Å²) in [6.45, 7) is 5.35. The Labute approximate surface area is 114 Å². The zero-order chi connectivity index (χ0) is 13.6. The lowest BCUT2D eigenvalue weighted by atomic mass is 9.49. The van der Waals surface area contributed by atoms with Gasteiger partial charge in [-0.2, -0.15) is 5.26 Å². The summed E-state index contributed by atoms with van der Waals surface area (Å²) in [6.07, 6.45) is 6.25. The molecule has 4 aliphatic carbocycles. The summed E-state index contributed by atoms with van der Waals surface area (Å²) >= 11 is 0. The molecule has 0 N–H and O–H groups in total. The molecule has 0 amide bonds. The maximum atomic E-state index is 12.0. The van der Waals surface area contributed by atoms with Gasteiger partial charge in [-0.05, 0) is 50.9 Å². The van der Waals surface area contributed by atoms with Crippen LogP contribution in [0.2, 0.25) is 0 Å². The highest BCUT2D eigenvalue weighted by atomic mass is 16.6. The van der Waals surface area contributed by atoms with Gasteiger partial charge in [-0.1, -0.05) is 6.58 Å². The molecular weight excluding hydrogens is 238 g/mol. The van der Waals surface area contributed by atoms with Crippen LogP contribution in [0.4, 0.5) is 0 Å². The van der Waals surface area contributed by atoms with E-state index in [0.29, 0.717) is 23.8 Å². The molecule has 4 fully saturated rings. The molecule has 0 aromatic heterocycles. The summed E-state index contributed by atoms with van der Waals surface area (Å²) in [7, 11) is 0. The van der Waals surface area contributed by atoms with Crippen molar-refractivity contribution in [3.05, 3.63) is 12.2 Å². The van der Waals surface area contributed by atoms with E-state index in [1.54, 1.807) is 6.92 Å². The standard InChI is InChI=1S/C16H21NO2/c1-10(2)15(18)19-16(3-4-17)13-6-11-5-12(8-13)9-14(16)7-11/h11-14H,1,3,5-9H2,2H3. The van der Waals surface area contributed by atoms with Crippen LogP contribution < -0.4 is 0 Å². The lowest BCUT2D eigenvalue weighted by molar-refractivity contribution is -0.204. The summed E-state index contributed by atoms with van der Waals surface area (Å²) in [4.78, 5) is 12.0. The normalized spacial score (nSPS) is 42.7. The first-order valence-electron chi connectivity index (χ1n) is 7.31. The van der Waals surface area contributed by atoms with E-state index in [-0.39, 0.29) is 5.97 Å². The minimum absolute atomic E-state index is 0.317. The molecule has 0 aliphatic heterocycles. The highest BCUT2D eigenvalue weighted by molar-refractivity contribution is 5.87. The van der Waals surface area contributed by atoms with Crippen LogP contribution in [-0.2, 0) is 9.53 Å². The molecule has 0 radical (unpaired) electrons. The van der Waals surface area contributed by atoms with Gasteiger partial charge < -0.3 is 4.74 Å². The Kier molecular flexibility index (Phi) is 2.92. The van der Waals surface area contributed by atoms with Crippen LogP contribution in [0.25, 0.3) is 0 Å². The van der Waals surface area contributed by atoms with Gasteiger partial charge in [-0.3, -0.25) is 0 Å². The molecule has 0 aromatic rings. The molecule has 4 bridgehead atoms. The summed E-state index contributed by atoms with van der Waals surface area (Å²) in [6, 6.07) is 2.27. The topological polar surface area (TPSA) is 50.1 Å². The summed E-state index contributed by atoms with van der Waals surface area (Å²) in [5.74, 6) is 2.08. The lowest BCUT2D eigenvalue weighted by Crippen LogP contribution is -2.59. The second-order valence-corrected chi connectivity index (χ2v) is 6.76. The van der Waals surface area contributed by atoms with Crippen molar-refractivity contribution in [1.82, 2.24) is 0 Å². The number of nitriles is 1. The Morgan fingerprint density at radius 2 is 1.79 bits per heavy atom. The fourth-order valence-corrected chi connectivity index (χ4v) is 4.86. The maximum absolute atomic E-state index is 12.0. The smallest absolute Gasteiger partial charge is 0.333 e. The third-order valence-electron chi connectivity index (χ3n) is 5.51. The number of rotatable bonds is 3. The Hall–Kier alpha value is -1.30. The second-order valence-electron chi connectivity index (χ2n) is 6.76. The molecule has 4 saturated carbocycles. The van der Waals surface area contributed by atoms with Crippen LogP contribution in [-0.4, -0.2) is 11.6 Å². The second kappa shape index (κ2) is 4.37. The summed E-state index contributed by atoms with van der Waals surface area (Å²) in [5, 5.41) is 9.20. The van der Waals surface area contributed by atoms with Gasteiger partial charge >= 0.3 is 5.97 Å². The van der Waals surface area contributed by atoms with E-state index in [1.807, 2.05) is 0 Å². The van der Waals surface area contributed by atoms with E-state index in [4.69, 9.17) is 4.74 Å². The minimum atomic E-state index is -0.516. The first-order chi connectivity index (χ1) is 9.05. The SMILES string of the molecule is C=C(C)C(=O)OC1(CC#N)C2CC3CC(C2)CC1C3. The molecule has 0 aromatic carbocycles. The molecule has 19 heavy (non-hydrogen) atoms. The highest BCUT2D eigenvalue weighted by Crippen LogP contribution is 2.60. The highest BCUT2D eigenvalue weighted by Gasteiger charge is 2.59. The van der Waals surface area contributed by atoms with Crippen molar-refractivity contribution in [2.45, 2.75) is 51.0 Å². The molecule has 3 heteroatoms. The van der Waals surface area contributed by atoms with Gasteiger partial charge in [0.05, 0.1) is 12.5 Å². The van der Waals surface area contributed by atoms with Crippen molar-refractivity contribution in [2.75, 3.05) is 0 Å². The molecule has 3 nitrogen and oxygen atoms in total. The number of hydrogen-bond donors (Lipinski definition) is 0. The molecule has 0 saturated heterocycles. The van der Waals surface area contributed by atoms with E-state index >= 15 is 0 Å². The first-order valence-corrected chi connectivity index (χ1v) is 7.31. The predicted octanol–water partition coefficient (Wildman–Crippen LogP) is 3.21. The Morgan fingerprint density at radius 1 is 1.26 bits per heavy atom. The summed E-state index contributed by atoms with van der Waals surface area (Å²) in [5.41, 5.74) is -0.0794. The number of nitrogens with zero attached hydrogens (tertiary/aromatic N) is 1. The number of carbonyl (C=O) groups excluding carboxylic acids is 1. The molecule has 102 valence electrons. The first kappa shape index (κ1) is 12.7. The number of hydrogen-bond acceptors (Lipinski definition) is 3. The zero-order valence-corrected chi connectivity index (χ0v) is 11.5. The Bertz CT molecular complexity index is 432. The van der Waals surface area contributed by atoms with Crippen molar-refractivity contribution < 1.29 is 9.53 Å². The molecule has 0 spiro atoms. The largest absolute Gasteiger partial charge is 0.454 e. The van der Waals surface area contributed by atoms with Crippen molar-refractivity contribution in [3.63, 3.8) is 0 Å². The lowest BCUT2D eigenvalue weighted by Gasteiger charge is -2.59. The molecule has 0 heterocycles. The number of carbonyl (C=O) groups is 1. The van der Waals surface area contributed by atoms with Gasteiger partial charge in [-0.25, -0.2) is 4.79 Å². The van der Waals surface area contributed by atoms with Crippen LogP contribution in [0, 0.1) is 35.0 Å². The van der Waals surface area contributed by atoms with Crippen LogP contribution in [0.5, 0.6) is 0 Å². The minimum Gasteiger partial charge on any atom is -0.454 e. The zero-order valence-electron chi connectivity index (χ0n) is 11.5. The number of ether oxygens (including phenoxy) is 1. The van der Waals surface area contributed by atoms with Crippen LogP contribution in [0.3, 0.4) is 0 Å². The fourth-order valence-electron chi connectivity index (χ4n) is 4.86. The van der Waals surface area contributed by atoms with E-state index in [9.17, 15) is 10.1 Å². The van der Waals surface area contributed by atoms with Gasteiger partial charge in [0, 0.05) is 17.4 Å². The van der Waals surface area contributed by atoms with Gasteiger partial charge in [0.1, 0.15) is 5.60 Å². The van der Waals surface area contributed by atoms with E-state index in [1.165, 1.54) is 6.42 Å². The molecule has 0 atom stereocenters. The van der Waals surface area contributed by atoms with E-state index in [0.717, 1.165) is 37.5 Å². The van der Waals surface area contributed by atoms with Crippen molar-refractivity contribution >= 4 is 5.97 Å². The Balaban J connectivity index is 1.90. The summed E-state index contributed by atoms with van der Waals surface area (Å²) < 4.78 is 5.86. The quantitative estimate of drug-likeness (QED) is 0.577. The van der Waals surface area contributed by atoms with Crippen molar-refractivity contribution in [2.24, 2.45) is 23.7 Å². The molecular formula is C16H21NO2. The average molecular weight is 259 g/mol. The molecule has 4 rings (SSSR count). The average Bonchev–Trinajstić information content (AvgIpc) is 2.34. The predicted molar refractivity (Wildman–Crippen MR) is 70.9 cm³/mol. The third-order valence-corrected chi connectivity index (χ3v) is 5.51. The van der Waals surface area contributed by atoms with Gasteiger partial charge in [-0.15, -0.1) is 0 Å². The van der Waals surface area contributed by atoms with E-state index in [2.05, 4.69) is 12.6 Å². The van der Waals surface area contributed by atoms with Crippen LogP contribution in [0.1, 0.15) is 45.4 Å². The van der Waals surface area contributed by atoms with Crippen LogP contribution >= 0.6 is 0 Å². The third kappa shape index (κ3) is 1.89. The maximum Gasteiger partial charge on any atom is 0.333 e. The van der Waals surface area contributed by atoms with Gasteiger partial charge in [0.25, 0.3) is 0 Å². The van der Waals surface area contributed by atoms with Crippen molar-refractivity contribution in [1.29, 1.82) is 5.26 Å².